The Kier molecular flexibility index (Phi) is 3.22. The van der Waals surface area contributed by atoms with Crippen molar-refractivity contribution >= 4 is 11.3 Å². The molecule has 15 heavy (non-hydrogen) atoms. The molecule has 0 aliphatic heterocycles. The van der Waals surface area contributed by atoms with Gasteiger partial charge in [-0.1, -0.05) is 19.1 Å². The number of thiazole rings is 1. The maximum Gasteiger partial charge on any atom is 0.0883 e. The molecule has 2 rings (SSSR count). The van der Waals surface area contributed by atoms with E-state index in [9.17, 15) is 5.11 Å². The van der Waals surface area contributed by atoms with Crippen LogP contribution >= 0.6 is 11.3 Å². The Bertz CT molecular complexity index is 333. The number of hydrogen-bond acceptors (Lipinski definition) is 3. The zero-order valence-electron chi connectivity index (χ0n) is 9.02. The molecule has 0 radical (unpaired) electrons. The van der Waals surface area contributed by atoms with Crippen molar-refractivity contribution in [3.05, 3.63) is 28.7 Å². The van der Waals surface area contributed by atoms with Gasteiger partial charge in [-0.3, -0.25) is 0 Å². The quantitative estimate of drug-likeness (QED) is 0.799. The third-order valence-corrected chi connectivity index (χ3v) is 3.76. The standard InChI is InChI=1S/C12H17NOS/c1-2-10-3-5-12(14,6-4-10)7-11-8-15-9-13-11/h3,5,8-10,14H,2,4,6-7H2,1H3. The van der Waals surface area contributed by atoms with Crippen molar-refractivity contribution in [3.8, 4) is 0 Å². The van der Waals surface area contributed by atoms with Gasteiger partial charge in [0.15, 0.2) is 0 Å². The summed E-state index contributed by atoms with van der Waals surface area (Å²) >= 11 is 1.59. The van der Waals surface area contributed by atoms with Crippen molar-refractivity contribution in [1.82, 2.24) is 4.98 Å². The zero-order valence-corrected chi connectivity index (χ0v) is 9.83. The minimum atomic E-state index is -0.653. The number of aliphatic hydroxyl groups is 1. The first kappa shape index (κ1) is 10.8. The molecule has 2 nitrogen and oxygen atoms in total. The SMILES string of the molecule is CCC1C=CC(O)(Cc2cscn2)CC1. The Morgan fingerprint density at radius 1 is 1.67 bits per heavy atom. The predicted molar refractivity (Wildman–Crippen MR) is 62.9 cm³/mol. The van der Waals surface area contributed by atoms with Crippen molar-refractivity contribution in [1.29, 1.82) is 0 Å². The Balaban J connectivity index is 2.03. The van der Waals surface area contributed by atoms with E-state index >= 15 is 0 Å². The molecule has 2 atom stereocenters. The molecule has 0 aromatic carbocycles. The minimum absolute atomic E-state index is 0.653. The van der Waals surface area contributed by atoms with E-state index in [1.807, 2.05) is 17.0 Å². The van der Waals surface area contributed by atoms with Crippen LogP contribution in [0, 0.1) is 5.92 Å². The first-order chi connectivity index (χ1) is 7.22. The van der Waals surface area contributed by atoms with Gasteiger partial charge in [-0.05, 0) is 25.2 Å². The van der Waals surface area contributed by atoms with Crippen LogP contribution in [0.5, 0.6) is 0 Å². The summed E-state index contributed by atoms with van der Waals surface area (Å²) in [6.07, 6.45) is 7.92. The molecule has 1 aromatic heterocycles. The normalized spacial score (nSPS) is 30.7. The lowest BCUT2D eigenvalue weighted by Crippen LogP contribution is -2.32. The van der Waals surface area contributed by atoms with Crippen LogP contribution in [0.15, 0.2) is 23.0 Å². The van der Waals surface area contributed by atoms with Crippen LogP contribution in [0.3, 0.4) is 0 Å². The summed E-state index contributed by atoms with van der Waals surface area (Å²) < 4.78 is 0. The fourth-order valence-electron chi connectivity index (χ4n) is 2.06. The van der Waals surface area contributed by atoms with Crippen LogP contribution in [-0.4, -0.2) is 15.7 Å². The fraction of sp³-hybridized carbons (Fsp3) is 0.583. The molecule has 0 spiro atoms. The van der Waals surface area contributed by atoms with Crippen LogP contribution < -0.4 is 0 Å². The molecule has 3 heteroatoms. The molecule has 1 N–H and O–H groups in total. The zero-order chi connectivity index (χ0) is 10.7. The molecule has 0 saturated heterocycles. The van der Waals surface area contributed by atoms with Gasteiger partial charge in [-0.25, -0.2) is 4.98 Å². The lowest BCUT2D eigenvalue weighted by molar-refractivity contribution is 0.0679. The van der Waals surface area contributed by atoms with E-state index < -0.39 is 5.60 Å². The van der Waals surface area contributed by atoms with Crippen molar-refractivity contribution in [2.75, 3.05) is 0 Å². The van der Waals surface area contributed by atoms with E-state index in [4.69, 9.17) is 0 Å². The highest BCUT2D eigenvalue weighted by Crippen LogP contribution is 2.30. The van der Waals surface area contributed by atoms with E-state index in [0.717, 1.165) is 18.5 Å². The summed E-state index contributed by atoms with van der Waals surface area (Å²) in [5.41, 5.74) is 2.17. The average molecular weight is 223 g/mol. The molecule has 1 aliphatic rings. The highest BCUT2D eigenvalue weighted by atomic mass is 32.1. The van der Waals surface area contributed by atoms with Gasteiger partial charge in [0, 0.05) is 11.8 Å². The van der Waals surface area contributed by atoms with Crippen LogP contribution in [-0.2, 0) is 6.42 Å². The third kappa shape index (κ3) is 2.67. The highest BCUT2D eigenvalue weighted by Gasteiger charge is 2.28. The van der Waals surface area contributed by atoms with Gasteiger partial charge in [0.2, 0.25) is 0 Å². The average Bonchev–Trinajstić information content (AvgIpc) is 2.71. The van der Waals surface area contributed by atoms with Crippen molar-refractivity contribution < 1.29 is 5.11 Å². The monoisotopic (exact) mass is 223 g/mol. The van der Waals surface area contributed by atoms with Crippen LogP contribution in [0.1, 0.15) is 31.9 Å². The largest absolute Gasteiger partial charge is 0.385 e. The Hall–Kier alpha value is -0.670. The van der Waals surface area contributed by atoms with E-state index in [0.29, 0.717) is 12.3 Å². The summed E-state index contributed by atoms with van der Waals surface area (Å²) in [6, 6.07) is 0. The Morgan fingerprint density at radius 2 is 2.53 bits per heavy atom. The van der Waals surface area contributed by atoms with Gasteiger partial charge in [0.25, 0.3) is 0 Å². The topological polar surface area (TPSA) is 33.1 Å². The molecule has 1 aliphatic carbocycles. The lowest BCUT2D eigenvalue weighted by atomic mass is 9.82. The molecule has 0 fully saturated rings. The number of hydrogen-bond donors (Lipinski definition) is 1. The summed E-state index contributed by atoms with van der Waals surface area (Å²) in [6.45, 7) is 2.19. The van der Waals surface area contributed by atoms with Crippen molar-refractivity contribution in [2.24, 2.45) is 5.92 Å². The van der Waals surface area contributed by atoms with E-state index in [-0.39, 0.29) is 0 Å². The minimum Gasteiger partial charge on any atom is -0.385 e. The maximum absolute atomic E-state index is 10.3. The molecule has 2 unspecified atom stereocenters. The van der Waals surface area contributed by atoms with Gasteiger partial charge >= 0.3 is 0 Å². The number of allylic oxidation sites excluding steroid dienone is 1. The number of rotatable bonds is 3. The molecule has 0 saturated carbocycles. The number of nitrogens with zero attached hydrogens (tertiary/aromatic N) is 1. The number of aromatic nitrogens is 1. The molecule has 82 valence electrons. The van der Waals surface area contributed by atoms with Crippen LogP contribution in [0.4, 0.5) is 0 Å². The molecular weight excluding hydrogens is 206 g/mol. The van der Waals surface area contributed by atoms with Gasteiger partial charge in [-0.2, -0.15) is 0 Å². The van der Waals surface area contributed by atoms with E-state index in [2.05, 4.69) is 18.0 Å². The molecule has 1 aromatic rings. The summed E-state index contributed by atoms with van der Waals surface area (Å²) in [5, 5.41) is 12.3. The first-order valence-electron chi connectivity index (χ1n) is 5.51. The second-order valence-electron chi connectivity index (χ2n) is 4.33. The molecule has 0 bridgehead atoms. The van der Waals surface area contributed by atoms with Gasteiger partial charge < -0.3 is 5.11 Å². The Labute approximate surface area is 94.7 Å². The van der Waals surface area contributed by atoms with E-state index in [1.165, 1.54) is 6.42 Å². The molecule has 1 heterocycles. The van der Waals surface area contributed by atoms with Gasteiger partial charge in [-0.15, -0.1) is 11.3 Å². The fourth-order valence-corrected chi connectivity index (χ4v) is 2.61. The molecular formula is C12H17NOS. The van der Waals surface area contributed by atoms with Crippen LogP contribution in [0.25, 0.3) is 0 Å². The smallest absolute Gasteiger partial charge is 0.0883 e. The van der Waals surface area contributed by atoms with Gasteiger partial charge in [0.1, 0.15) is 0 Å². The van der Waals surface area contributed by atoms with Crippen LogP contribution in [0.2, 0.25) is 0 Å². The lowest BCUT2D eigenvalue weighted by Gasteiger charge is -2.30. The first-order valence-corrected chi connectivity index (χ1v) is 6.45. The second-order valence-corrected chi connectivity index (χ2v) is 5.04. The summed E-state index contributed by atoms with van der Waals surface area (Å²) in [7, 11) is 0. The molecule has 0 amide bonds. The summed E-state index contributed by atoms with van der Waals surface area (Å²) in [4.78, 5) is 4.22. The van der Waals surface area contributed by atoms with Crippen molar-refractivity contribution in [2.45, 2.75) is 38.2 Å². The maximum atomic E-state index is 10.3. The van der Waals surface area contributed by atoms with E-state index in [1.54, 1.807) is 11.3 Å². The third-order valence-electron chi connectivity index (χ3n) is 3.12. The predicted octanol–water partition coefficient (Wildman–Crippen LogP) is 2.79. The Morgan fingerprint density at radius 3 is 3.07 bits per heavy atom. The second kappa shape index (κ2) is 4.45. The van der Waals surface area contributed by atoms with Gasteiger partial charge in [0.05, 0.1) is 16.8 Å². The summed E-state index contributed by atoms with van der Waals surface area (Å²) in [5.74, 6) is 0.653. The highest BCUT2D eigenvalue weighted by molar-refractivity contribution is 7.07. The van der Waals surface area contributed by atoms with Crippen molar-refractivity contribution in [3.63, 3.8) is 0 Å².